The van der Waals surface area contributed by atoms with Crippen molar-refractivity contribution in [2.45, 2.75) is 13.5 Å². The minimum Gasteiger partial charge on any atom is -0.488 e. The zero-order valence-corrected chi connectivity index (χ0v) is 16.3. The van der Waals surface area contributed by atoms with E-state index in [1.165, 1.54) is 0 Å². The molecule has 0 spiro atoms. The van der Waals surface area contributed by atoms with Crippen LogP contribution in [0.4, 0.5) is 5.69 Å². The maximum atomic E-state index is 6.21. The predicted octanol–water partition coefficient (Wildman–Crippen LogP) is 7.28. The van der Waals surface area contributed by atoms with Gasteiger partial charge in [-0.15, -0.1) is 0 Å². The molecular formula is C21H16Cl3NO. The van der Waals surface area contributed by atoms with Gasteiger partial charge in [0, 0.05) is 32.4 Å². The van der Waals surface area contributed by atoms with E-state index >= 15 is 0 Å². The molecular weight excluding hydrogens is 389 g/mol. The standard InChI is InChI=1S/C21H16Cl3NO/c1-14-4-2-3-5-20(14)25-12-16-10-17(22)8-9-21(16)26-13-15-6-7-18(23)11-19(15)24/h2-12H,13H2,1H3. The van der Waals surface area contributed by atoms with E-state index in [0.717, 1.165) is 22.4 Å². The van der Waals surface area contributed by atoms with Gasteiger partial charge in [0.25, 0.3) is 0 Å². The molecule has 3 rings (SSSR count). The number of rotatable bonds is 5. The van der Waals surface area contributed by atoms with Crippen LogP contribution in [-0.2, 0) is 6.61 Å². The van der Waals surface area contributed by atoms with E-state index in [1.807, 2.05) is 49.4 Å². The van der Waals surface area contributed by atoms with Crippen LogP contribution < -0.4 is 4.74 Å². The molecule has 0 amide bonds. The van der Waals surface area contributed by atoms with E-state index < -0.39 is 0 Å². The van der Waals surface area contributed by atoms with Crippen molar-refractivity contribution in [3.63, 3.8) is 0 Å². The zero-order valence-electron chi connectivity index (χ0n) is 14.0. The smallest absolute Gasteiger partial charge is 0.128 e. The van der Waals surface area contributed by atoms with Crippen LogP contribution in [0.15, 0.2) is 65.7 Å². The predicted molar refractivity (Wildman–Crippen MR) is 111 cm³/mol. The lowest BCUT2D eigenvalue weighted by Crippen LogP contribution is -1.99. The number of hydrogen-bond donors (Lipinski definition) is 0. The third-order valence-corrected chi connectivity index (χ3v) is 4.65. The number of ether oxygens (including phenoxy) is 1. The molecule has 0 heterocycles. The molecule has 0 aliphatic rings. The summed E-state index contributed by atoms with van der Waals surface area (Å²) in [4.78, 5) is 4.55. The third-order valence-electron chi connectivity index (χ3n) is 3.83. The lowest BCUT2D eigenvalue weighted by molar-refractivity contribution is 0.306. The minimum absolute atomic E-state index is 0.322. The van der Waals surface area contributed by atoms with Crippen LogP contribution in [0.3, 0.4) is 0 Å². The molecule has 0 aliphatic heterocycles. The highest BCUT2D eigenvalue weighted by Crippen LogP contribution is 2.26. The van der Waals surface area contributed by atoms with Crippen molar-refractivity contribution in [2.24, 2.45) is 4.99 Å². The van der Waals surface area contributed by atoms with Crippen LogP contribution in [0.25, 0.3) is 0 Å². The molecule has 0 saturated heterocycles. The van der Waals surface area contributed by atoms with Gasteiger partial charge in [0.1, 0.15) is 12.4 Å². The molecule has 5 heteroatoms. The minimum atomic E-state index is 0.322. The topological polar surface area (TPSA) is 21.6 Å². The van der Waals surface area contributed by atoms with E-state index in [-0.39, 0.29) is 0 Å². The van der Waals surface area contributed by atoms with Gasteiger partial charge in [-0.3, -0.25) is 4.99 Å². The number of aliphatic imine (C=N–C) groups is 1. The summed E-state index contributed by atoms with van der Waals surface area (Å²) in [6.45, 7) is 2.34. The summed E-state index contributed by atoms with van der Waals surface area (Å²) in [6, 6.07) is 18.7. The molecule has 0 bridgehead atoms. The Morgan fingerprint density at radius 2 is 1.65 bits per heavy atom. The first-order valence-electron chi connectivity index (χ1n) is 7.99. The highest BCUT2D eigenvalue weighted by Gasteiger charge is 2.07. The molecule has 0 saturated carbocycles. The number of aryl methyl sites for hydroxylation is 1. The van der Waals surface area contributed by atoms with Crippen LogP contribution in [0.1, 0.15) is 16.7 Å². The molecule has 0 radical (unpaired) electrons. The van der Waals surface area contributed by atoms with E-state index in [0.29, 0.717) is 27.4 Å². The molecule has 2 nitrogen and oxygen atoms in total. The van der Waals surface area contributed by atoms with E-state index in [1.54, 1.807) is 24.4 Å². The van der Waals surface area contributed by atoms with E-state index in [4.69, 9.17) is 39.5 Å². The number of halogens is 3. The Morgan fingerprint density at radius 3 is 2.42 bits per heavy atom. The fraction of sp³-hybridized carbons (Fsp3) is 0.0952. The zero-order chi connectivity index (χ0) is 18.5. The molecule has 0 aliphatic carbocycles. The maximum absolute atomic E-state index is 6.21. The van der Waals surface area contributed by atoms with Crippen molar-refractivity contribution in [2.75, 3.05) is 0 Å². The molecule has 0 fully saturated rings. The van der Waals surface area contributed by atoms with E-state index in [9.17, 15) is 0 Å². The van der Waals surface area contributed by atoms with Crippen molar-refractivity contribution >= 4 is 46.7 Å². The molecule has 0 atom stereocenters. The van der Waals surface area contributed by atoms with Crippen LogP contribution in [-0.4, -0.2) is 6.21 Å². The molecule has 0 unspecified atom stereocenters. The van der Waals surface area contributed by atoms with Gasteiger partial charge in [0.15, 0.2) is 0 Å². The normalized spacial score (nSPS) is 11.1. The Hall–Kier alpha value is -2.00. The Labute approximate surface area is 168 Å². The van der Waals surface area contributed by atoms with E-state index in [2.05, 4.69) is 4.99 Å². The van der Waals surface area contributed by atoms with Gasteiger partial charge in [0.2, 0.25) is 0 Å². The van der Waals surface area contributed by atoms with Gasteiger partial charge in [-0.2, -0.15) is 0 Å². The SMILES string of the molecule is Cc1ccccc1N=Cc1cc(Cl)ccc1OCc1ccc(Cl)cc1Cl. The van der Waals surface area contributed by atoms with Crippen molar-refractivity contribution in [1.82, 2.24) is 0 Å². The molecule has 3 aromatic rings. The molecule has 26 heavy (non-hydrogen) atoms. The van der Waals surface area contributed by atoms with Gasteiger partial charge in [0.05, 0.1) is 5.69 Å². The first-order valence-corrected chi connectivity index (χ1v) is 9.12. The largest absolute Gasteiger partial charge is 0.488 e. The second-order valence-electron chi connectivity index (χ2n) is 5.75. The van der Waals surface area contributed by atoms with Crippen molar-refractivity contribution in [1.29, 1.82) is 0 Å². The summed E-state index contributed by atoms with van der Waals surface area (Å²) in [5.41, 5.74) is 3.65. The summed E-state index contributed by atoms with van der Waals surface area (Å²) >= 11 is 18.3. The highest BCUT2D eigenvalue weighted by atomic mass is 35.5. The van der Waals surface area contributed by atoms with Crippen molar-refractivity contribution in [3.05, 3.63) is 92.4 Å². The fourth-order valence-electron chi connectivity index (χ4n) is 2.39. The number of nitrogens with zero attached hydrogens (tertiary/aromatic N) is 1. The van der Waals surface area contributed by atoms with Gasteiger partial charge >= 0.3 is 0 Å². The number of para-hydroxylation sites is 1. The summed E-state index contributed by atoms with van der Waals surface area (Å²) in [5, 5.41) is 1.78. The molecule has 132 valence electrons. The fourth-order valence-corrected chi connectivity index (χ4v) is 3.04. The quantitative estimate of drug-likeness (QED) is 0.409. The van der Waals surface area contributed by atoms with Gasteiger partial charge in [-0.25, -0.2) is 0 Å². The van der Waals surface area contributed by atoms with Gasteiger partial charge < -0.3 is 4.74 Å². The second-order valence-corrected chi connectivity index (χ2v) is 7.03. The Bertz CT molecular complexity index is 954. The summed E-state index contributed by atoms with van der Waals surface area (Å²) in [5.74, 6) is 0.678. The molecule has 0 N–H and O–H groups in total. The Morgan fingerprint density at radius 1 is 0.923 bits per heavy atom. The monoisotopic (exact) mass is 403 g/mol. The molecule has 3 aromatic carbocycles. The maximum Gasteiger partial charge on any atom is 0.128 e. The summed E-state index contributed by atoms with van der Waals surface area (Å²) < 4.78 is 5.94. The average molecular weight is 405 g/mol. The first-order chi connectivity index (χ1) is 12.5. The van der Waals surface area contributed by atoms with Crippen molar-refractivity contribution < 1.29 is 4.74 Å². The van der Waals surface area contributed by atoms with Crippen LogP contribution in [0.2, 0.25) is 15.1 Å². The molecule has 0 aromatic heterocycles. The lowest BCUT2D eigenvalue weighted by atomic mass is 10.2. The number of hydrogen-bond acceptors (Lipinski definition) is 2. The second kappa shape index (κ2) is 8.59. The Kier molecular flexibility index (Phi) is 6.20. The Balaban J connectivity index is 1.83. The van der Waals surface area contributed by atoms with Gasteiger partial charge in [-0.1, -0.05) is 59.1 Å². The van der Waals surface area contributed by atoms with Crippen LogP contribution >= 0.6 is 34.8 Å². The average Bonchev–Trinajstić information content (AvgIpc) is 2.61. The third kappa shape index (κ3) is 4.79. The number of benzene rings is 3. The highest BCUT2D eigenvalue weighted by molar-refractivity contribution is 6.35. The van der Waals surface area contributed by atoms with Crippen LogP contribution in [0.5, 0.6) is 5.75 Å². The lowest BCUT2D eigenvalue weighted by Gasteiger charge is -2.11. The van der Waals surface area contributed by atoms with Gasteiger partial charge in [-0.05, 0) is 48.9 Å². The summed E-state index contributed by atoms with van der Waals surface area (Å²) in [6.07, 6.45) is 1.76. The van der Waals surface area contributed by atoms with Crippen molar-refractivity contribution in [3.8, 4) is 5.75 Å². The summed E-state index contributed by atoms with van der Waals surface area (Å²) in [7, 11) is 0. The van der Waals surface area contributed by atoms with Crippen LogP contribution in [0, 0.1) is 6.92 Å². The first kappa shape index (κ1) is 18.8.